The van der Waals surface area contributed by atoms with Gasteiger partial charge in [-0.2, -0.15) is 0 Å². The van der Waals surface area contributed by atoms with Gasteiger partial charge in [0, 0.05) is 10.4 Å². The summed E-state index contributed by atoms with van der Waals surface area (Å²) in [4.78, 5) is 0. The van der Waals surface area contributed by atoms with Crippen molar-refractivity contribution in [3.05, 3.63) is 34.1 Å². The molecule has 0 amide bonds. The van der Waals surface area contributed by atoms with E-state index in [1.165, 1.54) is 38.2 Å². The molecule has 0 unspecified atom stereocenters. The van der Waals surface area contributed by atoms with Crippen LogP contribution in [0.5, 0.6) is 0 Å². The van der Waals surface area contributed by atoms with Crippen molar-refractivity contribution in [3.8, 4) is 0 Å². The molecule has 0 heterocycles. The Morgan fingerprint density at radius 3 is 2.59 bits per heavy atom. The molecule has 0 radical (unpaired) electrons. The number of hydrogen-bond donors (Lipinski definition) is 0. The molecule has 1 aliphatic carbocycles. The van der Waals surface area contributed by atoms with Crippen molar-refractivity contribution in [1.29, 1.82) is 0 Å². The third-order valence-electron chi connectivity index (χ3n) is 3.77. The SMILES string of the molecule is Fc1ccc(Br)c(CC2(CCl)CCCCC2)c1. The van der Waals surface area contributed by atoms with Crippen LogP contribution in [0, 0.1) is 11.2 Å². The van der Waals surface area contributed by atoms with E-state index in [2.05, 4.69) is 15.9 Å². The molecule has 17 heavy (non-hydrogen) atoms. The largest absolute Gasteiger partial charge is 0.207 e. The third kappa shape index (κ3) is 3.23. The second-order valence-corrected chi connectivity index (χ2v) is 6.23. The fourth-order valence-electron chi connectivity index (χ4n) is 2.74. The van der Waals surface area contributed by atoms with Gasteiger partial charge in [-0.25, -0.2) is 4.39 Å². The van der Waals surface area contributed by atoms with Crippen LogP contribution in [0.3, 0.4) is 0 Å². The van der Waals surface area contributed by atoms with Crippen LogP contribution < -0.4 is 0 Å². The van der Waals surface area contributed by atoms with E-state index in [-0.39, 0.29) is 11.2 Å². The highest BCUT2D eigenvalue weighted by molar-refractivity contribution is 9.10. The number of alkyl halides is 1. The molecule has 1 aromatic carbocycles. The molecule has 1 aromatic rings. The standard InChI is InChI=1S/C14H17BrClF/c15-13-5-4-12(17)8-11(13)9-14(10-16)6-2-1-3-7-14/h4-5,8H,1-3,6-7,9-10H2. The molecular weight excluding hydrogens is 303 g/mol. The maximum atomic E-state index is 13.3. The first kappa shape index (κ1) is 13.4. The monoisotopic (exact) mass is 318 g/mol. The summed E-state index contributed by atoms with van der Waals surface area (Å²) in [7, 11) is 0. The molecule has 1 aliphatic rings. The summed E-state index contributed by atoms with van der Waals surface area (Å²) in [5.41, 5.74) is 1.23. The van der Waals surface area contributed by atoms with E-state index in [1.807, 2.05) is 0 Å². The second-order valence-electron chi connectivity index (χ2n) is 5.11. The Balaban J connectivity index is 2.20. The number of rotatable bonds is 3. The van der Waals surface area contributed by atoms with Gasteiger partial charge in [0.25, 0.3) is 0 Å². The van der Waals surface area contributed by atoms with Gasteiger partial charge in [-0.05, 0) is 48.4 Å². The van der Waals surface area contributed by atoms with E-state index in [0.29, 0.717) is 5.88 Å². The van der Waals surface area contributed by atoms with E-state index in [9.17, 15) is 4.39 Å². The van der Waals surface area contributed by atoms with Gasteiger partial charge in [0.2, 0.25) is 0 Å². The highest BCUT2D eigenvalue weighted by Crippen LogP contribution is 2.41. The van der Waals surface area contributed by atoms with Crippen molar-refractivity contribution >= 4 is 27.5 Å². The first-order valence-corrected chi connectivity index (χ1v) is 7.48. The molecule has 0 bridgehead atoms. The second kappa shape index (κ2) is 5.71. The summed E-state index contributed by atoms with van der Waals surface area (Å²) in [5.74, 6) is 0.513. The van der Waals surface area contributed by atoms with Crippen molar-refractivity contribution in [2.45, 2.75) is 38.5 Å². The van der Waals surface area contributed by atoms with Gasteiger partial charge in [-0.3, -0.25) is 0 Å². The van der Waals surface area contributed by atoms with Crippen molar-refractivity contribution < 1.29 is 4.39 Å². The van der Waals surface area contributed by atoms with Crippen LogP contribution in [-0.2, 0) is 6.42 Å². The molecule has 0 aromatic heterocycles. The van der Waals surface area contributed by atoms with E-state index in [1.54, 1.807) is 12.1 Å². The molecular formula is C14H17BrClF. The molecule has 0 N–H and O–H groups in total. The zero-order chi connectivity index (χ0) is 12.3. The van der Waals surface area contributed by atoms with Crippen LogP contribution >= 0.6 is 27.5 Å². The quantitative estimate of drug-likeness (QED) is 0.661. The van der Waals surface area contributed by atoms with Crippen LogP contribution in [0.4, 0.5) is 4.39 Å². The number of halogens is 3. The smallest absolute Gasteiger partial charge is 0.123 e. The first-order valence-electron chi connectivity index (χ1n) is 6.15. The minimum Gasteiger partial charge on any atom is -0.207 e. The van der Waals surface area contributed by atoms with Crippen LogP contribution in [0.2, 0.25) is 0 Å². The fraction of sp³-hybridized carbons (Fsp3) is 0.571. The summed E-state index contributed by atoms with van der Waals surface area (Å²) >= 11 is 9.67. The van der Waals surface area contributed by atoms with Crippen molar-refractivity contribution in [2.24, 2.45) is 5.41 Å². The van der Waals surface area contributed by atoms with Crippen LogP contribution in [0.1, 0.15) is 37.7 Å². The summed E-state index contributed by atoms with van der Waals surface area (Å²) in [5, 5.41) is 0. The van der Waals surface area contributed by atoms with E-state index in [4.69, 9.17) is 11.6 Å². The fourth-order valence-corrected chi connectivity index (χ4v) is 3.49. The third-order valence-corrected chi connectivity index (χ3v) is 5.11. The predicted molar refractivity (Wildman–Crippen MR) is 74.0 cm³/mol. The highest BCUT2D eigenvalue weighted by atomic mass is 79.9. The van der Waals surface area contributed by atoms with Gasteiger partial charge in [-0.1, -0.05) is 35.2 Å². The molecule has 1 fully saturated rings. The van der Waals surface area contributed by atoms with Crippen molar-refractivity contribution in [1.82, 2.24) is 0 Å². The summed E-state index contributed by atoms with van der Waals surface area (Å²) in [6.07, 6.45) is 7.02. The van der Waals surface area contributed by atoms with Gasteiger partial charge < -0.3 is 0 Å². The minimum atomic E-state index is -0.163. The Hall–Kier alpha value is -0.0800. The van der Waals surface area contributed by atoms with E-state index >= 15 is 0 Å². The maximum absolute atomic E-state index is 13.3. The zero-order valence-corrected chi connectivity index (χ0v) is 12.2. The van der Waals surface area contributed by atoms with Gasteiger partial charge >= 0.3 is 0 Å². The zero-order valence-electron chi connectivity index (χ0n) is 9.82. The molecule has 0 aliphatic heterocycles. The van der Waals surface area contributed by atoms with Crippen molar-refractivity contribution in [2.75, 3.05) is 5.88 Å². The Morgan fingerprint density at radius 2 is 1.94 bits per heavy atom. The lowest BCUT2D eigenvalue weighted by molar-refractivity contribution is 0.219. The lowest BCUT2D eigenvalue weighted by Crippen LogP contribution is -2.28. The van der Waals surface area contributed by atoms with Crippen LogP contribution in [-0.4, -0.2) is 5.88 Å². The van der Waals surface area contributed by atoms with Gasteiger partial charge in [0.1, 0.15) is 5.82 Å². The molecule has 0 atom stereocenters. The molecule has 1 saturated carbocycles. The maximum Gasteiger partial charge on any atom is 0.123 e. The Bertz CT molecular complexity index is 386. The number of hydrogen-bond acceptors (Lipinski definition) is 0. The van der Waals surface area contributed by atoms with Gasteiger partial charge in [0.05, 0.1) is 0 Å². The Morgan fingerprint density at radius 1 is 1.24 bits per heavy atom. The minimum absolute atomic E-state index is 0.163. The average molecular weight is 320 g/mol. The molecule has 0 nitrogen and oxygen atoms in total. The van der Waals surface area contributed by atoms with Gasteiger partial charge in [0.15, 0.2) is 0 Å². The first-order chi connectivity index (χ1) is 8.15. The average Bonchev–Trinajstić information content (AvgIpc) is 2.35. The summed E-state index contributed by atoms with van der Waals surface area (Å²) < 4.78 is 14.3. The van der Waals surface area contributed by atoms with Gasteiger partial charge in [-0.15, -0.1) is 11.6 Å². The molecule has 94 valence electrons. The normalized spacial score (nSPS) is 19.2. The lowest BCUT2D eigenvalue weighted by atomic mass is 9.72. The predicted octanol–water partition coefficient (Wildman–Crippen LogP) is 5.32. The molecule has 0 saturated heterocycles. The van der Waals surface area contributed by atoms with Crippen LogP contribution in [0.25, 0.3) is 0 Å². The summed E-state index contributed by atoms with van der Waals surface area (Å²) in [6, 6.07) is 4.91. The van der Waals surface area contributed by atoms with E-state index in [0.717, 1.165) is 16.5 Å². The van der Waals surface area contributed by atoms with E-state index < -0.39 is 0 Å². The lowest BCUT2D eigenvalue weighted by Gasteiger charge is -2.36. The summed E-state index contributed by atoms with van der Waals surface area (Å²) in [6.45, 7) is 0. The molecule has 3 heteroatoms. The highest BCUT2D eigenvalue weighted by Gasteiger charge is 2.31. The molecule has 0 spiro atoms. The Kier molecular flexibility index (Phi) is 4.48. The number of benzene rings is 1. The van der Waals surface area contributed by atoms with Crippen LogP contribution in [0.15, 0.2) is 22.7 Å². The Labute approximate surface area is 116 Å². The topological polar surface area (TPSA) is 0 Å². The molecule has 2 rings (SSSR count). The van der Waals surface area contributed by atoms with Crippen molar-refractivity contribution in [3.63, 3.8) is 0 Å².